The van der Waals surface area contributed by atoms with Crippen molar-refractivity contribution in [1.82, 2.24) is 0 Å². The third-order valence-electron chi connectivity index (χ3n) is 2.55. The van der Waals surface area contributed by atoms with E-state index in [-0.39, 0.29) is 16.9 Å². The Bertz CT molecular complexity index is 422. The van der Waals surface area contributed by atoms with Crippen molar-refractivity contribution in [3.63, 3.8) is 0 Å². The van der Waals surface area contributed by atoms with Gasteiger partial charge >= 0.3 is 0 Å². The number of phenolic OH excluding ortho intramolecular Hbond substituents is 1. The summed E-state index contributed by atoms with van der Waals surface area (Å²) in [6, 6.07) is 7.15. The summed E-state index contributed by atoms with van der Waals surface area (Å²) in [5, 5.41) is 18.2. The molecule has 0 aliphatic carbocycles. The van der Waals surface area contributed by atoms with Crippen LogP contribution in [0.25, 0.3) is 0 Å². The van der Waals surface area contributed by atoms with Gasteiger partial charge < -0.3 is 15.6 Å². The van der Waals surface area contributed by atoms with Crippen LogP contribution in [0.15, 0.2) is 18.2 Å². The van der Waals surface area contributed by atoms with E-state index in [9.17, 15) is 5.11 Å². The first-order chi connectivity index (χ1) is 7.96. The molecule has 17 heavy (non-hydrogen) atoms. The fourth-order valence-electron chi connectivity index (χ4n) is 1.41. The van der Waals surface area contributed by atoms with E-state index in [1.54, 1.807) is 12.1 Å². The summed E-state index contributed by atoms with van der Waals surface area (Å²) in [5.41, 5.74) is 5.58. The lowest BCUT2D eigenvalue weighted by atomic mass is 9.90. The number of benzene rings is 1. The van der Waals surface area contributed by atoms with Gasteiger partial charge in [-0.05, 0) is 38.8 Å². The predicted molar refractivity (Wildman–Crippen MR) is 66.6 cm³/mol. The molecule has 0 spiro atoms. The lowest BCUT2D eigenvalue weighted by Crippen LogP contribution is -2.10. The highest BCUT2D eigenvalue weighted by atomic mass is 16.5. The second-order valence-electron chi connectivity index (χ2n) is 4.64. The van der Waals surface area contributed by atoms with Crippen LogP contribution < -0.4 is 10.5 Å². The number of phenols is 1. The predicted octanol–water partition coefficient (Wildman–Crippen LogP) is 2.68. The average molecular weight is 234 g/mol. The Morgan fingerprint density at radius 2 is 2.18 bits per heavy atom. The normalized spacial score (nSPS) is 10.9. The van der Waals surface area contributed by atoms with Gasteiger partial charge in [-0.1, -0.05) is 6.07 Å². The third kappa shape index (κ3) is 3.87. The van der Waals surface area contributed by atoms with E-state index < -0.39 is 0 Å². The van der Waals surface area contributed by atoms with Crippen LogP contribution in [0.5, 0.6) is 11.5 Å². The van der Waals surface area contributed by atoms with E-state index in [0.29, 0.717) is 12.4 Å². The van der Waals surface area contributed by atoms with Gasteiger partial charge in [-0.15, -0.1) is 0 Å². The van der Waals surface area contributed by atoms with Gasteiger partial charge in [-0.25, -0.2) is 0 Å². The summed E-state index contributed by atoms with van der Waals surface area (Å²) in [5.74, 6) is 0.514. The van der Waals surface area contributed by atoms with E-state index in [4.69, 9.17) is 15.7 Å². The summed E-state index contributed by atoms with van der Waals surface area (Å²) < 4.78 is 5.46. The molecule has 0 radical (unpaired) electrons. The smallest absolute Gasteiger partial charge is 0.145 e. The fraction of sp³-hybridized carbons (Fsp3) is 0.462. The monoisotopic (exact) mass is 234 g/mol. The van der Waals surface area contributed by atoms with Crippen molar-refractivity contribution in [2.24, 2.45) is 5.41 Å². The van der Waals surface area contributed by atoms with Gasteiger partial charge in [0.1, 0.15) is 17.2 Å². The van der Waals surface area contributed by atoms with Crippen molar-refractivity contribution in [3.05, 3.63) is 18.2 Å². The van der Waals surface area contributed by atoms with E-state index in [0.717, 1.165) is 12.8 Å². The molecule has 0 heterocycles. The molecule has 4 nitrogen and oxygen atoms in total. The number of anilines is 1. The van der Waals surface area contributed by atoms with Gasteiger partial charge in [0.2, 0.25) is 0 Å². The summed E-state index contributed by atoms with van der Waals surface area (Å²) in [7, 11) is 0. The molecule has 0 aliphatic heterocycles. The molecule has 1 aromatic rings. The Balaban J connectivity index is 2.42. The van der Waals surface area contributed by atoms with Crippen molar-refractivity contribution in [1.29, 1.82) is 5.26 Å². The molecule has 0 aromatic heterocycles. The van der Waals surface area contributed by atoms with Crippen LogP contribution in [-0.4, -0.2) is 11.7 Å². The SMILES string of the molecule is CC(C)(C#N)CCCOc1cccc(O)c1N. The molecule has 0 bridgehead atoms. The highest BCUT2D eigenvalue weighted by molar-refractivity contribution is 5.61. The van der Waals surface area contributed by atoms with E-state index in [1.807, 2.05) is 13.8 Å². The molecule has 0 unspecified atom stereocenters. The van der Waals surface area contributed by atoms with Crippen molar-refractivity contribution in [2.75, 3.05) is 12.3 Å². The zero-order valence-corrected chi connectivity index (χ0v) is 10.2. The van der Waals surface area contributed by atoms with Crippen molar-refractivity contribution < 1.29 is 9.84 Å². The zero-order chi connectivity index (χ0) is 12.9. The Morgan fingerprint density at radius 3 is 2.82 bits per heavy atom. The maximum absolute atomic E-state index is 9.38. The number of ether oxygens (including phenoxy) is 1. The zero-order valence-electron chi connectivity index (χ0n) is 10.2. The molecule has 0 fully saturated rings. The Morgan fingerprint density at radius 1 is 1.47 bits per heavy atom. The van der Waals surface area contributed by atoms with Crippen molar-refractivity contribution in [2.45, 2.75) is 26.7 Å². The molecule has 0 saturated heterocycles. The average Bonchev–Trinajstić information content (AvgIpc) is 2.30. The van der Waals surface area contributed by atoms with Gasteiger partial charge in [-0.3, -0.25) is 0 Å². The lowest BCUT2D eigenvalue weighted by molar-refractivity contribution is 0.284. The fourth-order valence-corrected chi connectivity index (χ4v) is 1.41. The van der Waals surface area contributed by atoms with Crippen LogP contribution in [-0.2, 0) is 0 Å². The number of aromatic hydroxyl groups is 1. The molecule has 0 aliphatic rings. The number of hydrogen-bond donors (Lipinski definition) is 2. The van der Waals surface area contributed by atoms with Gasteiger partial charge in [-0.2, -0.15) is 5.26 Å². The topological polar surface area (TPSA) is 79.3 Å². The quantitative estimate of drug-likeness (QED) is 0.466. The summed E-state index contributed by atoms with van der Waals surface area (Å²) in [4.78, 5) is 0. The molecular weight excluding hydrogens is 216 g/mol. The molecule has 3 N–H and O–H groups in total. The molecule has 0 amide bonds. The molecule has 4 heteroatoms. The number of nitrogens with zero attached hydrogens (tertiary/aromatic N) is 1. The minimum absolute atomic E-state index is 0.0276. The number of para-hydroxylation sites is 1. The second kappa shape index (κ2) is 5.44. The van der Waals surface area contributed by atoms with E-state index in [1.165, 1.54) is 6.07 Å². The number of rotatable bonds is 5. The van der Waals surface area contributed by atoms with Crippen LogP contribution in [0, 0.1) is 16.7 Å². The summed E-state index contributed by atoms with van der Waals surface area (Å²) in [6.45, 7) is 4.28. The molecule has 92 valence electrons. The van der Waals surface area contributed by atoms with Crippen LogP contribution >= 0.6 is 0 Å². The van der Waals surface area contributed by atoms with Crippen LogP contribution in [0.2, 0.25) is 0 Å². The van der Waals surface area contributed by atoms with Gasteiger partial charge in [0, 0.05) is 0 Å². The van der Waals surface area contributed by atoms with Crippen molar-refractivity contribution in [3.8, 4) is 17.6 Å². The Labute approximate surface area is 102 Å². The van der Waals surface area contributed by atoms with Gasteiger partial charge in [0.15, 0.2) is 0 Å². The lowest BCUT2D eigenvalue weighted by Gasteiger charge is -2.15. The minimum Gasteiger partial charge on any atom is -0.506 e. The first kappa shape index (κ1) is 13.2. The highest BCUT2D eigenvalue weighted by Gasteiger charge is 2.15. The maximum atomic E-state index is 9.38. The second-order valence-corrected chi connectivity index (χ2v) is 4.64. The standard InChI is InChI=1S/C13H18N2O2/c1-13(2,9-14)7-4-8-17-11-6-3-5-10(16)12(11)15/h3,5-6,16H,4,7-8,15H2,1-2H3. The first-order valence-electron chi connectivity index (χ1n) is 5.58. The maximum Gasteiger partial charge on any atom is 0.145 e. The van der Waals surface area contributed by atoms with Gasteiger partial charge in [0.25, 0.3) is 0 Å². The van der Waals surface area contributed by atoms with E-state index in [2.05, 4.69) is 6.07 Å². The molecule has 0 saturated carbocycles. The Kier molecular flexibility index (Phi) is 4.22. The van der Waals surface area contributed by atoms with Crippen molar-refractivity contribution >= 4 is 5.69 Å². The number of nitrogens with two attached hydrogens (primary N) is 1. The summed E-state index contributed by atoms with van der Waals surface area (Å²) in [6.07, 6.45) is 1.54. The number of nitrogen functional groups attached to an aromatic ring is 1. The minimum atomic E-state index is -0.326. The molecular formula is C13H18N2O2. The highest BCUT2D eigenvalue weighted by Crippen LogP contribution is 2.30. The molecule has 0 atom stereocenters. The van der Waals surface area contributed by atoms with E-state index >= 15 is 0 Å². The van der Waals surface area contributed by atoms with Gasteiger partial charge in [0.05, 0.1) is 18.1 Å². The summed E-state index contributed by atoms with van der Waals surface area (Å²) >= 11 is 0. The molecule has 1 rings (SSSR count). The third-order valence-corrected chi connectivity index (χ3v) is 2.55. The molecule has 1 aromatic carbocycles. The largest absolute Gasteiger partial charge is 0.506 e. The first-order valence-corrected chi connectivity index (χ1v) is 5.58. The van der Waals surface area contributed by atoms with Crippen LogP contribution in [0.3, 0.4) is 0 Å². The number of hydrogen-bond acceptors (Lipinski definition) is 4. The number of nitriles is 1. The Hall–Kier alpha value is -1.89. The van der Waals surface area contributed by atoms with Crippen LogP contribution in [0.1, 0.15) is 26.7 Å². The van der Waals surface area contributed by atoms with Crippen LogP contribution in [0.4, 0.5) is 5.69 Å².